The summed E-state index contributed by atoms with van der Waals surface area (Å²) in [6, 6.07) is 8.64. The SMILES string of the molecule is C=C1C=C(C(C)C)c2ccccc2C1. The van der Waals surface area contributed by atoms with E-state index in [2.05, 4.69) is 50.8 Å². The fraction of sp³-hybridized carbons (Fsp3) is 0.286. The van der Waals surface area contributed by atoms with Crippen LogP contribution in [0.2, 0.25) is 0 Å². The minimum absolute atomic E-state index is 0.577. The van der Waals surface area contributed by atoms with Gasteiger partial charge in [0.2, 0.25) is 0 Å². The van der Waals surface area contributed by atoms with E-state index in [-0.39, 0.29) is 0 Å². The molecule has 1 aliphatic rings. The van der Waals surface area contributed by atoms with Crippen LogP contribution in [0.5, 0.6) is 0 Å². The van der Waals surface area contributed by atoms with Crippen molar-refractivity contribution in [1.29, 1.82) is 0 Å². The van der Waals surface area contributed by atoms with E-state index in [9.17, 15) is 0 Å². The summed E-state index contributed by atoms with van der Waals surface area (Å²) in [6.45, 7) is 8.54. The summed E-state index contributed by atoms with van der Waals surface area (Å²) in [6.07, 6.45) is 3.25. The van der Waals surface area contributed by atoms with E-state index in [0.717, 1.165) is 6.42 Å². The highest BCUT2D eigenvalue weighted by molar-refractivity contribution is 5.74. The highest BCUT2D eigenvalue weighted by Crippen LogP contribution is 2.32. The van der Waals surface area contributed by atoms with Crippen molar-refractivity contribution in [3.05, 3.63) is 53.6 Å². The zero-order valence-electron chi connectivity index (χ0n) is 8.88. The maximum absolute atomic E-state index is 4.07. The maximum Gasteiger partial charge on any atom is -0.00255 e. The van der Waals surface area contributed by atoms with Crippen molar-refractivity contribution in [2.45, 2.75) is 20.3 Å². The second-order valence-electron chi connectivity index (χ2n) is 4.25. The molecule has 0 unspecified atom stereocenters. The van der Waals surface area contributed by atoms with Gasteiger partial charge < -0.3 is 0 Å². The lowest BCUT2D eigenvalue weighted by molar-refractivity contribution is 0.847. The lowest BCUT2D eigenvalue weighted by atomic mass is 9.84. The third-order valence-electron chi connectivity index (χ3n) is 2.73. The van der Waals surface area contributed by atoms with E-state index in [0.29, 0.717) is 5.92 Å². The zero-order chi connectivity index (χ0) is 10.1. The Morgan fingerprint density at radius 1 is 1.21 bits per heavy atom. The molecule has 0 heterocycles. The van der Waals surface area contributed by atoms with Gasteiger partial charge in [-0.3, -0.25) is 0 Å². The van der Waals surface area contributed by atoms with Crippen molar-refractivity contribution in [3.8, 4) is 0 Å². The van der Waals surface area contributed by atoms with Crippen LogP contribution in [0.1, 0.15) is 25.0 Å². The van der Waals surface area contributed by atoms with Gasteiger partial charge in [0, 0.05) is 0 Å². The molecule has 0 saturated carbocycles. The fourth-order valence-electron chi connectivity index (χ4n) is 2.03. The van der Waals surface area contributed by atoms with E-state index in [1.807, 2.05) is 0 Å². The number of allylic oxidation sites excluding steroid dienone is 3. The normalized spacial score (nSPS) is 15.4. The molecule has 0 radical (unpaired) electrons. The first-order valence-electron chi connectivity index (χ1n) is 5.16. The van der Waals surface area contributed by atoms with E-state index >= 15 is 0 Å². The third-order valence-corrected chi connectivity index (χ3v) is 2.73. The van der Waals surface area contributed by atoms with Crippen molar-refractivity contribution in [3.63, 3.8) is 0 Å². The van der Waals surface area contributed by atoms with Crippen LogP contribution < -0.4 is 0 Å². The Balaban J connectivity index is 2.55. The molecule has 14 heavy (non-hydrogen) atoms. The van der Waals surface area contributed by atoms with Crippen molar-refractivity contribution in [2.24, 2.45) is 5.92 Å². The molecular formula is C14H16. The number of benzene rings is 1. The van der Waals surface area contributed by atoms with E-state index in [1.54, 1.807) is 0 Å². The molecular weight excluding hydrogens is 168 g/mol. The number of hydrogen-bond donors (Lipinski definition) is 0. The lowest BCUT2D eigenvalue weighted by Gasteiger charge is -2.21. The molecule has 0 N–H and O–H groups in total. The summed E-state index contributed by atoms with van der Waals surface area (Å²) in [5.41, 5.74) is 5.49. The van der Waals surface area contributed by atoms with Crippen LogP contribution in [0.25, 0.3) is 5.57 Å². The molecule has 0 spiro atoms. The first kappa shape index (κ1) is 9.26. The number of hydrogen-bond acceptors (Lipinski definition) is 0. The van der Waals surface area contributed by atoms with Crippen LogP contribution in [-0.4, -0.2) is 0 Å². The summed E-state index contributed by atoms with van der Waals surface area (Å²) in [5, 5.41) is 0. The third kappa shape index (κ3) is 1.52. The molecule has 0 atom stereocenters. The largest absolute Gasteiger partial charge is 0.0955 e. The molecule has 0 aliphatic heterocycles. The molecule has 0 saturated heterocycles. The summed E-state index contributed by atoms with van der Waals surface area (Å²) in [4.78, 5) is 0. The predicted octanol–water partition coefficient (Wildman–Crippen LogP) is 3.84. The number of rotatable bonds is 1. The Morgan fingerprint density at radius 3 is 2.64 bits per heavy atom. The van der Waals surface area contributed by atoms with Crippen molar-refractivity contribution in [2.75, 3.05) is 0 Å². The van der Waals surface area contributed by atoms with Crippen LogP contribution in [-0.2, 0) is 6.42 Å². The Kier molecular flexibility index (Phi) is 2.28. The Morgan fingerprint density at radius 2 is 1.93 bits per heavy atom. The lowest BCUT2D eigenvalue weighted by Crippen LogP contribution is -2.05. The molecule has 0 nitrogen and oxygen atoms in total. The topological polar surface area (TPSA) is 0 Å². The predicted molar refractivity (Wildman–Crippen MR) is 62.1 cm³/mol. The van der Waals surface area contributed by atoms with E-state index in [4.69, 9.17) is 0 Å². The Bertz CT molecular complexity index is 394. The molecule has 72 valence electrons. The summed E-state index contributed by atoms with van der Waals surface area (Å²) in [7, 11) is 0. The van der Waals surface area contributed by atoms with Gasteiger partial charge >= 0.3 is 0 Å². The fourth-order valence-corrected chi connectivity index (χ4v) is 2.03. The molecule has 0 fully saturated rings. The van der Waals surface area contributed by atoms with Crippen LogP contribution in [0.3, 0.4) is 0 Å². The maximum atomic E-state index is 4.07. The minimum atomic E-state index is 0.577. The van der Waals surface area contributed by atoms with Gasteiger partial charge in [-0.05, 0) is 29.0 Å². The average Bonchev–Trinajstić information content (AvgIpc) is 2.16. The zero-order valence-corrected chi connectivity index (χ0v) is 8.88. The first-order chi connectivity index (χ1) is 6.68. The standard InChI is InChI=1S/C14H16/c1-10(2)14-9-11(3)8-12-6-4-5-7-13(12)14/h4-7,9-10H,3,8H2,1-2H3. The molecule has 0 aromatic heterocycles. The van der Waals surface area contributed by atoms with Gasteiger partial charge in [0.25, 0.3) is 0 Å². The van der Waals surface area contributed by atoms with Gasteiger partial charge in [-0.15, -0.1) is 0 Å². The van der Waals surface area contributed by atoms with Gasteiger partial charge in [-0.2, -0.15) is 0 Å². The summed E-state index contributed by atoms with van der Waals surface area (Å²) >= 11 is 0. The van der Waals surface area contributed by atoms with Gasteiger partial charge in [-0.25, -0.2) is 0 Å². The summed E-state index contributed by atoms with van der Waals surface area (Å²) in [5.74, 6) is 0.577. The second-order valence-corrected chi connectivity index (χ2v) is 4.25. The van der Waals surface area contributed by atoms with Crippen LogP contribution in [0, 0.1) is 5.92 Å². The monoisotopic (exact) mass is 184 g/mol. The molecule has 1 aromatic carbocycles. The molecule has 0 amide bonds. The van der Waals surface area contributed by atoms with Crippen LogP contribution in [0.15, 0.2) is 42.5 Å². The molecule has 1 aromatic rings. The highest BCUT2D eigenvalue weighted by atomic mass is 14.2. The van der Waals surface area contributed by atoms with Gasteiger partial charge in [0.05, 0.1) is 0 Å². The van der Waals surface area contributed by atoms with Crippen molar-refractivity contribution < 1.29 is 0 Å². The van der Waals surface area contributed by atoms with Gasteiger partial charge in [0.15, 0.2) is 0 Å². The smallest absolute Gasteiger partial charge is 0.00255 e. The molecule has 2 rings (SSSR count). The van der Waals surface area contributed by atoms with Gasteiger partial charge in [-0.1, -0.05) is 56.3 Å². The van der Waals surface area contributed by atoms with Crippen LogP contribution >= 0.6 is 0 Å². The molecule has 0 heteroatoms. The number of fused-ring (bicyclic) bond motifs is 1. The molecule has 0 bridgehead atoms. The van der Waals surface area contributed by atoms with Crippen molar-refractivity contribution >= 4 is 5.57 Å². The second kappa shape index (κ2) is 3.45. The van der Waals surface area contributed by atoms with Crippen LogP contribution in [0.4, 0.5) is 0 Å². The van der Waals surface area contributed by atoms with Gasteiger partial charge in [0.1, 0.15) is 0 Å². The highest BCUT2D eigenvalue weighted by Gasteiger charge is 2.15. The van der Waals surface area contributed by atoms with E-state index in [1.165, 1.54) is 22.3 Å². The Hall–Kier alpha value is -1.30. The average molecular weight is 184 g/mol. The summed E-state index contributed by atoms with van der Waals surface area (Å²) < 4.78 is 0. The van der Waals surface area contributed by atoms with E-state index < -0.39 is 0 Å². The van der Waals surface area contributed by atoms with Crippen molar-refractivity contribution in [1.82, 2.24) is 0 Å². The minimum Gasteiger partial charge on any atom is -0.0955 e. The molecule has 1 aliphatic carbocycles. The quantitative estimate of drug-likeness (QED) is 0.622. The Labute approximate surface area is 86.0 Å². The first-order valence-corrected chi connectivity index (χ1v) is 5.16.